The Morgan fingerprint density at radius 2 is 2.35 bits per heavy atom. The van der Waals surface area contributed by atoms with Crippen molar-refractivity contribution in [2.45, 2.75) is 25.4 Å². The maximum Gasteiger partial charge on any atom is 0.220 e. The fraction of sp³-hybridized carbons (Fsp3) is 0.417. The minimum atomic E-state index is -0.301. The molecular formula is C12H14ClFN2O. The second kappa shape index (κ2) is 5.47. The van der Waals surface area contributed by atoms with Gasteiger partial charge in [-0.25, -0.2) is 4.39 Å². The van der Waals surface area contributed by atoms with E-state index in [1.54, 1.807) is 12.1 Å². The summed E-state index contributed by atoms with van der Waals surface area (Å²) in [6.07, 6.45) is 1.32. The first-order valence-corrected chi connectivity index (χ1v) is 5.97. The lowest BCUT2D eigenvalue weighted by molar-refractivity contribution is -0.122. The van der Waals surface area contributed by atoms with Gasteiger partial charge in [-0.15, -0.1) is 0 Å². The van der Waals surface area contributed by atoms with Gasteiger partial charge in [-0.05, 0) is 18.6 Å². The van der Waals surface area contributed by atoms with Crippen LogP contribution in [-0.2, 0) is 11.3 Å². The summed E-state index contributed by atoms with van der Waals surface area (Å²) in [5.41, 5.74) is 0.589. The van der Waals surface area contributed by atoms with E-state index in [0.29, 0.717) is 30.1 Å². The molecule has 2 N–H and O–H groups in total. The monoisotopic (exact) mass is 256 g/mol. The molecule has 17 heavy (non-hydrogen) atoms. The van der Waals surface area contributed by atoms with E-state index in [2.05, 4.69) is 10.6 Å². The van der Waals surface area contributed by atoms with Crippen molar-refractivity contribution in [2.75, 3.05) is 6.54 Å². The quantitative estimate of drug-likeness (QED) is 0.867. The lowest BCUT2D eigenvalue weighted by atomic mass is 10.1. The Labute approximate surface area is 104 Å². The average molecular weight is 257 g/mol. The van der Waals surface area contributed by atoms with Gasteiger partial charge in [0.1, 0.15) is 5.82 Å². The first kappa shape index (κ1) is 12.3. The fourth-order valence-corrected chi connectivity index (χ4v) is 1.99. The normalized spacial score (nSPS) is 20.1. The van der Waals surface area contributed by atoms with Gasteiger partial charge < -0.3 is 10.6 Å². The van der Waals surface area contributed by atoms with E-state index >= 15 is 0 Å². The van der Waals surface area contributed by atoms with E-state index < -0.39 is 0 Å². The molecule has 1 aromatic carbocycles. The highest BCUT2D eigenvalue weighted by molar-refractivity contribution is 6.30. The highest BCUT2D eigenvalue weighted by Gasteiger charge is 2.17. The number of halogens is 2. The molecule has 1 heterocycles. The second-order valence-electron chi connectivity index (χ2n) is 4.16. The minimum absolute atomic E-state index is 0.0840. The van der Waals surface area contributed by atoms with Crippen molar-refractivity contribution in [1.82, 2.24) is 10.6 Å². The molecule has 1 atom stereocenters. The molecule has 92 valence electrons. The van der Waals surface area contributed by atoms with E-state index in [9.17, 15) is 9.18 Å². The molecule has 3 nitrogen and oxygen atoms in total. The standard InChI is InChI=1S/C12H14ClFN2O/c13-9-2-1-8(11(14)5-9)6-15-10-3-4-12(17)16-7-10/h1-2,5,10,15H,3-4,6-7H2,(H,16,17). The van der Waals surface area contributed by atoms with Crippen LogP contribution in [0.25, 0.3) is 0 Å². The van der Waals surface area contributed by atoms with Gasteiger partial charge in [0.05, 0.1) is 0 Å². The Kier molecular flexibility index (Phi) is 3.97. The molecule has 5 heteroatoms. The predicted molar refractivity (Wildman–Crippen MR) is 64.3 cm³/mol. The van der Waals surface area contributed by atoms with E-state index in [0.717, 1.165) is 6.42 Å². The smallest absolute Gasteiger partial charge is 0.220 e. The molecule has 0 aliphatic carbocycles. The van der Waals surface area contributed by atoms with Crippen molar-refractivity contribution in [2.24, 2.45) is 0 Å². The van der Waals surface area contributed by atoms with E-state index in [4.69, 9.17) is 11.6 Å². The third-order valence-corrected chi connectivity index (χ3v) is 3.10. The average Bonchev–Trinajstić information content (AvgIpc) is 2.30. The summed E-state index contributed by atoms with van der Waals surface area (Å²) in [5.74, 6) is -0.217. The van der Waals surface area contributed by atoms with Gasteiger partial charge in [0.25, 0.3) is 0 Å². The number of hydrogen-bond acceptors (Lipinski definition) is 2. The van der Waals surface area contributed by atoms with E-state index in [1.807, 2.05) is 0 Å². The molecule has 0 radical (unpaired) electrons. The summed E-state index contributed by atoms with van der Waals surface area (Å²) in [7, 11) is 0. The van der Waals surface area contributed by atoms with Crippen LogP contribution >= 0.6 is 11.6 Å². The van der Waals surface area contributed by atoms with Crippen LogP contribution in [-0.4, -0.2) is 18.5 Å². The number of piperidine rings is 1. The SMILES string of the molecule is O=C1CCC(NCc2ccc(Cl)cc2F)CN1. The van der Waals surface area contributed by atoms with Crippen molar-refractivity contribution in [3.63, 3.8) is 0 Å². The van der Waals surface area contributed by atoms with Gasteiger partial charge >= 0.3 is 0 Å². The van der Waals surface area contributed by atoms with Gasteiger partial charge in [0.2, 0.25) is 5.91 Å². The van der Waals surface area contributed by atoms with Crippen molar-refractivity contribution >= 4 is 17.5 Å². The van der Waals surface area contributed by atoms with Crippen molar-refractivity contribution in [3.8, 4) is 0 Å². The fourth-order valence-electron chi connectivity index (χ4n) is 1.83. The van der Waals surface area contributed by atoms with Gasteiger partial charge in [0, 0.05) is 36.1 Å². The van der Waals surface area contributed by atoms with Crippen LogP contribution in [0.1, 0.15) is 18.4 Å². The maximum atomic E-state index is 13.5. The van der Waals surface area contributed by atoms with Gasteiger partial charge in [-0.2, -0.15) is 0 Å². The molecule has 1 fully saturated rings. The van der Waals surface area contributed by atoms with Crippen LogP contribution in [0.5, 0.6) is 0 Å². The molecule has 1 aliphatic rings. The van der Waals surface area contributed by atoms with Gasteiger partial charge in [-0.3, -0.25) is 4.79 Å². The van der Waals surface area contributed by atoms with Crippen LogP contribution in [0.3, 0.4) is 0 Å². The molecular weight excluding hydrogens is 243 g/mol. The second-order valence-corrected chi connectivity index (χ2v) is 4.59. The Morgan fingerprint density at radius 1 is 1.53 bits per heavy atom. The first-order valence-electron chi connectivity index (χ1n) is 5.59. The molecule has 0 saturated carbocycles. The van der Waals surface area contributed by atoms with Crippen LogP contribution in [0.2, 0.25) is 5.02 Å². The third-order valence-electron chi connectivity index (χ3n) is 2.86. The van der Waals surface area contributed by atoms with Crippen molar-refractivity contribution < 1.29 is 9.18 Å². The zero-order valence-corrected chi connectivity index (χ0v) is 10.1. The lowest BCUT2D eigenvalue weighted by Gasteiger charge is -2.23. The summed E-state index contributed by atoms with van der Waals surface area (Å²) in [5, 5.41) is 6.40. The number of amides is 1. The largest absolute Gasteiger partial charge is 0.355 e. The summed E-state index contributed by atoms with van der Waals surface area (Å²) in [6, 6.07) is 4.86. The van der Waals surface area contributed by atoms with Crippen molar-refractivity contribution in [3.05, 3.63) is 34.6 Å². The number of benzene rings is 1. The van der Waals surface area contributed by atoms with Crippen LogP contribution in [0, 0.1) is 5.82 Å². The lowest BCUT2D eigenvalue weighted by Crippen LogP contribution is -2.45. The number of nitrogens with one attached hydrogen (secondary N) is 2. The molecule has 0 aromatic heterocycles. The Morgan fingerprint density at radius 3 is 3.00 bits per heavy atom. The van der Waals surface area contributed by atoms with Crippen molar-refractivity contribution in [1.29, 1.82) is 0 Å². The van der Waals surface area contributed by atoms with Crippen LogP contribution in [0.15, 0.2) is 18.2 Å². The zero-order chi connectivity index (χ0) is 12.3. The summed E-state index contributed by atoms with van der Waals surface area (Å²) in [6.45, 7) is 1.05. The van der Waals surface area contributed by atoms with Gasteiger partial charge in [-0.1, -0.05) is 17.7 Å². The third kappa shape index (κ3) is 3.41. The maximum absolute atomic E-state index is 13.5. The molecule has 2 rings (SSSR count). The molecule has 0 spiro atoms. The van der Waals surface area contributed by atoms with E-state index in [-0.39, 0.29) is 17.8 Å². The summed E-state index contributed by atoms with van der Waals surface area (Å²) < 4.78 is 13.5. The molecule has 1 amide bonds. The van der Waals surface area contributed by atoms with Gasteiger partial charge in [0.15, 0.2) is 0 Å². The Bertz CT molecular complexity index is 415. The highest BCUT2D eigenvalue weighted by atomic mass is 35.5. The highest BCUT2D eigenvalue weighted by Crippen LogP contribution is 2.15. The number of carbonyl (C=O) groups is 1. The molecule has 0 bridgehead atoms. The van der Waals surface area contributed by atoms with Crippen LogP contribution < -0.4 is 10.6 Å². The Balaban J connectivity index is 1.87. The summed E-state index contributed by atoms with van der Waals surface area (Å²) >= 11 is 5.67. The number of carbonyl (C=O) groups excluding carboxylic acids is 1. The number of rotatable bonds is 3. The topological polar surface area (TPSA) is 41.1 Å². The minimum Gasteiger partial charge on any atom is -0.355 e. The zero-order valence-electron chi connectivity index (χ0n) is 9.30. The Hall–Kier alpha value is -1.13. The number of hydrogen-bond donors (Lipinski definition) is 2. The predicted octanol–water partition coefficient (Wildman–Crippen LogP) is 1.85. The van der Waals surface area contributed by atoms with E-state index in [1.165, 1.54) is 6.07 Å². The van der Waals surface area contributed by atoms with Crippen LogP contribution in [0.4, 0.5) is 4.39 Å². The molecule has 1 saturated heterocycles. The molecule has 1 aromatic rings. The first-order chi connectivity index (χ1) is 8.15. The summed E-state index contributed by atoms with van der Waals surface area (Å²) in [4.78, 5) is 11.0. The molecule has 1 aliphatic heterocycles. The molecule has 1 unspecified atom stereocenters.